The summed E-state index contributed by atoms with van der Waals surface area (Å²) in [4.78, 5) is 11.1. The predicted molar refractivity (Wildman–Crippen MR) is 50.3 cm³/mol. The summed E-state index contributed by atoms with van der Waals surface area (Å²) in [5.41, 5.74) is 7.56. The Morgan fingerprint density at radius 3 is 2.62 bits per heavy atom. The summed E-state index contributed by atoms with van der Waals surface area (Å²) in [5.74, 6) is -0.136. The van der Waals surface area contributed by atoms with Crippen LogP contribution in [-0.4, -0.2) is 5.78 Å². The van der Waals surface area contributed by atoms with E-state index < -0.39 is 0 Å². The molecule has 3 heteroatoms. The van der Waals surface area contributed by atoms with Gasteiger partial charge in [0.05, 0.1) is 11.3 Å². The Morgan fingerprint density at radius 2 is 2.15 bits per heavy atom. The van der Waals surface area contributed by atoms with E-state index in [-0.39, 0.29) is 11.3 Å². The molecule has 0 aromatic heterocycles. The van der Waals surface area contributed by atoms with Gasteiger partial charge in [0.2, 0.25) is 0 Å². The molecule has 0 amide bonds. The first-order valence-corrected chi connectivity index (χ1v) is 3.88. The highest BCUT2D eigenvalue weighted by atomic mass is 16.1. The highest BCUT2D eigenvalue weighted by Crippen LogP contribution is 2.20. The molecule has 0 heterocycles. The average molecular weight is 174 g/mol. The zero-order valence-corrected chi connectivity index (χ0v) is 7.59. The lowest BCUT2D eigenvalue weighted by atomic mass is 10.0. The summed E-state index contributed by atoms with van der Waals surface area (Å²) in [5, 5.41) is 8.79. The molecule has 0 saturated carbocycles. The van der Waals surface area contributed by atoms with Gasteiger partial charge in [0.25, 0.3) is 0 Å². The average Bonchev–Trinajstić information content (AvgIpc) is 2.09. The van der Waals surface area contributed by atoms with Gasteiger partial charge >= 0.3 is 0 Å². The molecule has 1 rings (SSSR count). The summed E-state index contributed by atoms with van der Waals surface area (Å²) in [6, 6.07) is 5.31. The molecule has 0 radical (unpaired) electrons. The number of nitrogens with two attached hydrogens (primary N) is 1. The number of aryl methyl sites for hydroxylation is 1. The minimum absolute atomic E-state index is 0.136. The van der Waals surface area contributed by atoms with Crippen molar-refractivity contribution >= 4 is 11.5 Å². The number of benzene rings is 1. The second kappa shape index (κ2) is 3.28. The highest BCUT2D eigenvalue weighted by Gasteiger charge is 2.10. The van der Waals surface area contributed by atoms with Gasteiger partial charge < -0.3 is 5.73 Å². The van der Waals surface area contributed by atoms with Crippen LogP contribution in [0.25, 0.3) is 0 Å². The summed E-state index contributed by atoms with van der Waals surface area (Å²) in [6.07, 6.45) is 0. The molecule has 2 N–H and O–H groups in total. The number of nitrogens with zero attached hydrogens (tertiary/aromatic N) is 1. The number of rotatable bonds is 1. The maximum absolute atomic E-state index is 11.1. The molecule has 0 aliphatic carbocycles. The number of ketones is 1. The van der Waals surface area contributed by atoms with Gasteiger partial charge in [0.1, 0.15) is 6.07 Å². The molecule has 66 valence electrons. The number of carbonyl (C=O) groups excluding carboxylic acids is 1. The van der Waals surface area contributed by atoms with Crippen LogP contribution in [0.15, 0.2) is 12.1 Å². The third-order valence-electron chi connectivity index (χ3n) is 1.95. The maximum atomic E-state index is 11.1. The molecule has 0 spiro atoms. The summed E-state index contributed by atoms with van der Waals surface area (Å²) < 4.78 is 0. The third kappa shape index (κ3) is 1.52. The lowest BCUT2D eigenvalue weighted by Gasteiger charge is -2.05. The minimum atomic E-state index is -0.136. The molecule has 0 aliphatic rings. The fraction of sp³-hybridized carbons (Fsp3) is 0.200. The molecule has 0 bridgehead atoms. The second-order valence-corrected chi connectivity index (χ2v) is 2.89. The molecule has 13 heavy (non-hydrogen) atoms. The quantitative estimate of drug-likeness (QED) is 0.520. The van der Waals surface area contributed by atoms with E-state index in [1.54, 1.807) is 19.1 Å². The lowest BCUT2D eigenvalue weighted by Crippen LogP contribution is -2.02. The van der Waals surface area contributed by atoms with E-state index in [2.05, 4.69) is 0 Å². The monoisotopic (exact) mass is 174 g/mol. The van der Waals surface area contributed by atoms with Crippen LogP contribution >= 0.6 is 0 Å². The first kappa shape index (κ1) is 9.27. The van der Waals surface area contributed by atoms with Gasteiger partial charge in [-0.25, -0.2) is 0 Å². The van der Waals surface area contributed by atoms with Crippen LogP contribution in [0.3, 0.4) is 0 Å². The van der Waals surface area contributed by atoms with Crippen LogP contribution in [0.4, 0.5) is 5.69 Å². The van der Waals surface area contributed by atoms with Gasteiger partial charge in [-0.15, -0.1) is 0 Å². The minimum Gasteiger partial charge on any atom is -0.397 e. The van der Waals surface area contributed by atoms with Gasteiger partial charge in [-0.05, 0) is 25.5 Å². The molecule has 3 nitrogen and oxygen atoms in total. The van der Waals surface area contributed by atoms with Crippen LogP contribution < -0.4 is 5.73 Å². The number of anilines is 1. The van der Waals surface area contributed by atoms with Crippen LogP contribution in [0, 0.1) is 18.3 Å². The lowest BCUT2D eigenvalue weighted by molar-refractivity contribution is 0.101. The zero-order chi connectivity index (χ0) is 10.0. The fourth-order valence-electron chi connectivity index (χ4n) is 1.14. The fourth-order valence-corrected chi connectivity index (χ4v) is 1.14. The Bertz CT molecular complexity index is 402. The van der Waals surface area contributed by atoms with E-state index in [1.165, 1.54) is 6.92 Å². The summed E-state index contributed by atoms with van der Waals surface area (Å²) in [6.45, 7) is 3.23. The van der Waals surface area contributed by atoms with E-state index in [9.17, 15) is 4.79 Å². The number of nitriles is 1. The normalized spacial score (nSPS) is 9.31. The van der Waals surface area contributed by atoms with Crippen molar-refractivity contribution in [3.05, 3.63) is 28.8 Å². The van der Waals surface area contributed by atoms with Gasteiger partial charge in [-0.1, -0.05) is 6.07 Å². The van der Waals surface area contributed by atoms with Gasteiger partial charge in [0, 0.05) is 5.56 Å². The molecular weight excluding hydrogens is 164 g/mol. The van der Waals surface area contributed by atoms with Gasteiger partial charge in [-0.2, -0.15) is 5.26 Å². The Balaban J connectivity index is 3.50. The van der Waals surface area contributed by atoms with Crippen molar-refractivity contribution in [2.75, 3.05) is 5.73 Å². The molecule has 0 fully saturated rings. The zero-order valence-electron chi connectivity index (χ0n) is 7.59. The van der Waals surface area contributed by atoms with Crippen molar-refractivity contribution in [2.45, 2.75) is 13.8 Å². The third-order valence-corrected chi connectivity index (χ3v) is 1.95. The van der Waals surface area contributed by atoms with Crippen LogP contribution in [0.5, 0.6) is 0 Å². The van der Waals surface area contributed by atoms with Crippen molar-refractivity contribution in [2.24, 2.45) is 0 Å². The van der Waals surface area contributed by atoms with Crippen LogP contribution in [-0.2, 0) is 0 Å². The Kier molecular flexibility index (Phi) is 2.34. The molecule has 0 aliphatic heterocycles. The molecular formula is C10H10N2O. The van der Waals surface area contributed by atoms with Crippen molar-refractivity contribution in [1.29, 1.82) is 5.26 Å². The standard InChI is InChI=1S/C10H10N2O/c1-6-3-4-8(7(2)13)9(5-11)10(6)12/h3-4H,12H2,1-2H3. The number of hydrogen-bond acceptors (Lipinski definition) is 3. The van der Waals surface area contributed by atoms with Crippen molar-refractivity contribution in [1.82, 2.24) is 0 Å². The number of hydrogen-bond donors (Lipinski definition) is 1. The summed E-state index contributed by atoms with van der Waals surface area (Å²) >= 11 is 0. The van der Waals surface area contributed by atoms with E-state index in [4.69, 9.17) is 11.0 Å². The van der Waals surface area contributed by atoms with Gasteiger partial charge in [0.15, 0.2) is 5.78 Å². The first-order valence-electron chi connectivity index (χ1n) is 3.88. The first-order chi connectivity index (χ1) is 6.07. The molecule has 1 aromatic carbocycles. The van der Waals surface area contributed by atoms with E-state index >= 15 is 0 Å². The van der Waals surface area contributed by atoms with Gasteiger partial charge in [-0.3, -0.25) is 4.79 Å². The topological polar surface area (TPSA) is 66.9 Å². The molecule has 1 aromatic rings. The molecule has 0 unspecified atom stereocenters. The Labute approximate surface area is 76.8 Å². The van der Waals surface area contributed by atoms with Crippen molar-refractivity contribution < 1.29 is 4.79 Å². The van der Waals surface area contributed by atoms with Crippen molar-refractivity contribution in [3.8, 4) is 6.07 Å². The smallest absolute Gasteiger partial charge is 0.161 e. The van der Waals surface area contributed by atoms with Crippen molar-refractivity contribution in [3.63, 3.8) is 0 Å². The number of Topliss-reactive ketones (excluding diaryl/α,β-unsaturated/α-hetero) is 1. The second-order valence-electron chi connectivity index (χ2n) is 2.89. The number of nitrogen functional groups attached to an aromatic ring is 1. The SMILES string of the molecule is CC(=O)c1ccc(C)c(N)c1C#N. The molecule has 0 saturated heterocycles. The maximum Gasteiger partial charge on any atom is 0.161 e. The van der Waals surface area contributed by atoms with E-state index in [0.717, 1.165) is 5.56 Å². The molecule has 0 atom stereocenters. The van der Waals surface area contributed by atoms with Crippen LogP contribution in [0.1, 0.15) is 28.4 Å². The van der Waals surface area contributed by atoms with E-state index in [0.29, 0.717) is 11.3 Å². The largest absolute Gasteiger partial charge is 0.397 e. The Hall–Kier alpha value is -1.82. The highest BCUT2D eigenvalue weighted by molar-refractivity contribution is 5.98. The van der Waals surface area contributed by atoms with Crippen LogP contribution in [0.2, 0.25) is 0 Å². The summed E-state index contributed by atoms with van der Waals surface area (Å²) in [7, 11) is 0. The predicted octanol–water partition coefficient (Wildman–Crippen LogP) is 1.65. The Morgan fingerprint density at radius 1 is 1.54 bits per heavy atom. The number of carbonyl (C=O) groups is 1. The van der Waals surface area contributed by atoms with E-state index in [1.807, 2.05) is 6.07 Å².